The van der Waals surface area contributed by atoms with Crippen LogP contribution in [0, 0.1) is 0 Å². The molecule has 0 bridgehead atoms. The van der Waals surface area contributed by atoms with Crippen LogP contribution in [-0.4, -0.2) is 20.1 Å². The fraction of sp³-hybridized carbons (Fsp3) is 0.0625. The Morgan fingerprint density at radius 3 is 2.39 bits per heavy atom. The fourth-order valence-corrected chi connectivity index (χ4v) is 2.18. The maximum atomic E-state index is 12.0. The van der Waals surface area contributed by atoms with E-state index < -0.39 is 15.5 Å². The predicted octanol–water partition coefficient (Wildman–Crippen LogP) is 4.28. The molecule has 0 N–H and O–H groups in total. The van der Waals surface area contributed by atoms with Crippen LogP contribution >= 0.6 is 0 Å². The Bertz CT molecular complexity index is 837. The Morgan fingerprint density at radius 2 is 1.65 bits per heavy atom. The Kier molecular flexibility index (Phi) is 5.00. The van der Waals surface area contributed by atoms with E-state index in [4.69, 9.17) is 0 Å². The molecule has 0 aromatic heterocycles. The second-order valence-electron chi connectivity index (χ2n) is 4.49. The zero-order valence-electron chi connectivity index (χ0n) is 11.7. The molecule has 0 saturated carbocycles. The first-order valence-corrected chi connectivity index (χ1v) is 7.93. The lowest BCUT2D eigenvalue weighted by Crippen LogP contribution is -2.20. The van der Waals surface area contributed by atoms with E-state index in [9.17, 15) is 21.6 Å². The Balaban J connectivity index is 2.05. The van der Waals surface area contributed by atoms with E-state index in [1.54, 1.807) is 12.2 Å². The summed E-state index contributed by atoms with van der Waals surface area (Å²) in [5, 5.41) is 0. The largest absolute Gasteiger partial charge is 0.518 e. The van der Waals surface area contributed by atoms with Crippen LogP contribution < -0.4 is 0 Å². The van der Waals surface area contributed by atoms with Crippen molar-refractivity contribution in [2.45, 2.75) is 5.51 Å². The third-order valence-electron chi connectivity index (χ3n) is 2.90. The van der Waals surface area contributed by atoms with Gasteiger partial charge in [0.2, 0.25) is 0 Å². The van der Waals surface area contributed by atoms with Crippen molar-refractivity contribution in [1.82, 2.24) is 0 Å². The number of alkyl halides is 3. The molecule has 3 nitrogen and oxygen atoms in total. The molecule has 0 fully saturated rings. The summed E-state index contributed by atoms with van der Waals surface area (Å²) in [5.41, 5.74) is -2.33. The van der Waals surface area contributed by atoms with Crippen LogP contribution in [0.15, 0.2) is 65.1 Å². The third-order valence-corrected chi connectivity index (χ3v) is 3.89. The summed E-state index contributed by atoms with van der Waals surface area (Å²) < 4.78 is 60.0. The van der Waals surface area contributed by atoms with Gasteiger partial charge >= 0.3 is 15.5 Å². The monoisotopic (exact) mass is 339 g/mol. The summed E-state index contributed by atoms with van der Waals surface area (Å²) in [5.74, 6) is 0. The van der Waals surface area contributed by atoms with Crippen molar-refractivity contribution >= 4 is 22.3 Å². The number of halogens is 3. The summed E-state index contributed by atoms with van der Waals surface area (Å²) >= 11 is 0. The number of hydrogen-bond acceptors (Lipinski definition) is 2. The van der Waals surface area contributed by atoms with Gasteiger partial charge in [0.15, 0.2) is 0 Å². The Labute approximate surface area is 131 Å². The van der Waals surface area contributed by atoms with E-state index >= 15 is 0 Å². The number of fused-ring (bicyclic) bond motifs is 1. The highest BCUT2D eigenvalue weighted by Crippen LogP contribution is 2.27. The molecule has 2 aliphatic rings. The van der Waals surface area contributed by atoms with Gasteiger partial charge in [-0.15, -0.1) is 0 Å². The zero-order valence-corrected chi connectivity index (χ0v) is 12.6. The number of hydrogen-bond donors (Lipinski definition) is 0. The molecular formula is C16H12F3NO2S. The summed E-state index contributed by atoms with van der Waals surface area (Å²) in [6.07, 6.45) is 6.47. The van der Waals surface area contributed by atoms with Gasteiger partial charge in [0.1, 0.15) is 0 Å². The molecule has 7 heteroatoms. The van der Waals surface area contributed by atoms with Crippen molar-refractivity contribution in [2.24, 2.45) is 4.40 Å². The van der Waals surface area contributed by atoms with Crippen LogP contribution in [0.1, 0.15) is 5.56 Å². The van der Waals surface area contributed by atoms with Gasteiger partial charge in [-0.25, -0.2) is 0 Å². The van der Waals surface area contributed by atoms with Gasteiger partial charge in [0.25, 0.3) is 0 Å². The van der Waals surface area contributed by atoms with E-state index in [0.717, 1.165) is 22.8 Å². The van der Waals surface area contributed by atoms with Crippen LogP contribution in [0.5, 0.6) is 0 Å². The maximum Gasteiger partial charge on any atom is 0.518 e. The third kappa shape index (κ3) is 4.29. The van der Waals surface area contributed by atoms with Crippen LogP contribution in [0.25, 0.3) is 17.2 Å². The van der Waals surface area contributed by atoms with Crippen molar-refractivity contribution in [3.8, 4) is 11.1 Å². The molecule has 0 saturated heterocycles. The fourth-order valence-electron chi connectivity index (χ4n) is 1.83. The van der Waals surface area contributed by atoms with Crippen molar-refractivity contribution in [3.05, 3.63) is 66.3 Å². The molecule has 0 heterocycles. The number of sulfonamides is 1. The minimum absolute atomic E-state index is 0.594. The van der Waals surface area contributed by atoms with Gasteiger partial charge in [-0.1, -0.05) is 60.7 Å². The zero-order chi connectivity index (χ0) is 16.9. The van der Waals surface area contributed by atoms with Gasteiger partial charge < -0.3 is 0 Å². The quantitative estimate of drug-likeness (QED) is 0.616. The van der Waals surface area contributed by atoms with E-state index in [1.165, 1.54) is 6.08 Å². The van der Waals surface area contributed by atoms with Crippen LogP contribution in [0.3, 0.4) is 0 Å². The minimum atomic E-state index is -5.47. The van der Waals surface area contributed by atoms with Crippen LogP contribution in [0.2, 0.25) is 0 Å². The van der Waals surface area contributed by atoms with Crippen molar-refractivity contribution in [1.29, 1.82) is 0 Å². The highest BCUT2D eigenvalue weighted by Gasteiger charge is 2.45. The first kappa shape index (κ1) is 17.0. The van der Waals surface area contributed by atoms with Gasteiger partial charge in [-0.05, 0) is 22.8 Å². The molecular weight excluding hydrogens is 327 g/mol. The van der Waals surface area contributed by atoms with E-state index in [-0.39, 0.29) is 0 Å². The lowest BCUT2D eigenvalue weighted by molar-refractivity contribution is -0.0435. The van der Waals surface area contributed by atoms with E-state index in [1.807, 2.05) is 42.5 Å². The smallest absolute Gasteiger partial charge is 0.195 e. The van der Waals surface area contributed by atoms with Crippen molar-refractivity contribution in [3.63, 3.8) is 0 Å². The molecule has 0 radical (unpaired) electrons. The summed E-state index contributed by atoms with van der Waals surface area (Å²) in [4.78, 5) is 0. The molecule has 0 atom stereocenters. The van der Waals surface area contributed by atoms with E-state index in [2.05, 4.69) is 4.40 Å². The Hall–Kier alpha value is -2.41. The van der Waals surface area contributed by atoms with Gasteiger partial charge in [0, 0.05) is 6.21 Å². The van der Waals surface area contributed by atoms with Crippen molar-refractivity contribution in [2.75, 3.05) is 0 Å². The number of allylic oxidation sites excluding steroid dienone is 3. The summed E-state index contributed by atoms with van der Waals surface area (Å²) in [6, 6.07) is 13.5. The number of nitrogens with zero attached hydrogens (tertiary/aromatic N) is 1. The average molecular weight is 339 g/mol. The SMILES string of the molecule is O=S(=O)(/N=C/C=C/C=C/c1ccc2cccccc1-2)C(F)(F)F. The van der Waals surface area contributed by atoms with Crippen molar-refractivity contribution < 1.29 is 21.6 Å². The molecule has 120 valence electrons. The first-order chi connectivity index (χ1) is 10.8. The molecule has 23 heavy (non-hydrogen) atoms. The normalized spacial score (nSPS) is 13.7. The van der Waals surface area contributed by atoms with Gasteiger partial charge in [-0.2, -0.15) is 26.0 Å². The molecule has 0 spiro atoms. The summed E-state index contributed by atoms with van der Waals surface area (Å²) in [7, 11) is -5.47. The topological polar surface area (TPSA) is 46.5 Å². The highest BCUT2D eigenvalue weighted by atomic mass is 32.2. The highest BCUT2D eigenvalue weighted by molar-refractivity contribution is 7.91. The van der Waals surface area contributed by atoms with E-state index in [0.29, 0.717) is 6.21 Å². The van der Waals surface area contributed by atoms with Gasteiger partial charge in [0.05, 0.1) is 0 Å². The minimum Gasteiger partial charge on any atom is -0.195 e. The molecule has 0 amide bonds. The second kappa shape index (κ2) is 6.78. The van der Waals surface area contributed by atoms with Crippen LogP contribution in [0.4, 0.5) is 13.2 Å². The summed E-state index contributed by atoms with van der Waals surface area (Å²) in [6.45, 7) is 0. The molecule has 0 aromatic rings. The second-order valence-corrected chi connectivity index (χ2v) is 6.11. The Morgan fingerprint density at radius 1 is 0.913 bits per heavy atom. The lowest BCUT2D eigenvalue weighted by atomic mass is 10.1. The molecule has 2 rings (SSSR count). The molecule has 0 aliphatic heterocycles. The lowest BCUT2D eigenvalue weighted by Gasteiger charge is -2.00. The number of rotatable bonds is 4. The average Bonchev–Trinajstić information content (AvgIpc) is 2.69. The maximum absolute atomic E-state index is 12.0. The first-order valence-electron chi connectivity index (χ1n) is 6.49. The standard InChI is InChI=1S/C16H12F3NO2S/c17-16(18,19)23(21,22)20-12-6-2-4-8-14-11-10-13-7-3-1-5-9-15(13)14/h1-12H/b6-2+,8-4+,20-12+. The van der Waals surface area contributed by atoms with Crippen LogP contribution in [-0.2, 0) is 10.0 Å². The molecule has 0 aromatic carbocycles. The predicted molar refractivity (Wildman–Crippen MR) is 84.7 cm³/mol. The molecule has 0 unspecified atom stereocenters. The van der Waals surface area contributed by atoms with Gasteiger partial charge in [-0.3, -0.25) is 0 Å². The molecule has 2 aliphatic carbocycles.